The third-order valence-electron chi connectivity index (χ3n) is 3.99. The molecule has 0 amide bonds. The maximum Gasteiger partial charge on any atom is 0.320 e. The number of carboxylic acid groups (broad SMARTS) is 1. The van der Waals surface area contributed by atoms with Gasteiger partial charge in [-0.3, -0.25) is 4.79 Å². The molecule has 0 aliphatic carbocycles. The van der Waals surface area contributed by atoms with Crippen molar-refractivity contribution in [2.75, 3.05) is 0 Å². The molecule has 0 spiro atoms. The first kappa shape index (κ1) is 17.7. The van der Waals surface area contributed by atoms with Gasteiger partial charge in [-0.2, -0.15) is 0 Å². The summed E-state index contributed by atoms with van der Waals surface area (Å²) in [6, 6.07) is 3.61. The summed E-state index contributed by atoms with van der Waals surface area (Å²) in [6.45, 7) is 13.0. The Kier molecular flexibility index (Phi) is 5.97. The SMILES string of the molecule is CC(C)c1cc(C(C)C)c(C[C@H](N)C(=O)O)c(C(C)C)c1. The normalized spacial score (nSPS) is 13.2. The Morgan fingerprint density at radius 1 is 1.00 bits per heavy atom. The van der Waals surface area contributed by atoms with E-state index in [1.165, 1.54) is 16.7 Å². The van der Waals surface area contributed by atoms with E-state index in [1.54, 1.807) is 0 Å². The molecule has 0 heterocycles. The van der Waals surface area contributed by atoms with Gasteiger partial charge in [0.25, 0.3) is 0 Å². The minimum absolute atomic E-state index is 0.359. The summed E-state index contributed by atoms with van der Waals surface area (Å²) in [6.07, 6.45) is 0.398. The zero-order valence-corrected chi connectivity index (χ0v) is 14.1. The molecule has 1 atom stereocenters. The van der Waals surface area contributed by atoms with Crippen molar-refractivity contribution in [2.24, 2.45) is 5.73 Å². The second kappa shape index (κ2) is 7.08. The average molecular weight is 291 g/mol. The number of carbonyl (C=O) groups is 1. The quantitative estimate of drug-likeness (QED) is 0.832. The summed E-state index contributed by atoms with van der Waals surface area (Å²) >= 11 is 0. The van der Waals surface area contributed by atoms with Crippen LogP contribution in [0.4, 0.5) is 0 Å². The standard InChI is InChI=1S/C18H29NO2/c1-10(2)13-7-14(11(3)4)16(9-17(19)18(20)21)15(8-13)12(5)6/h7-8,10-12,17H,9,19H2,1-6H3,(H,20,21)/t17-/m0/s1. The molecule has 3 nitrogen and oxygen atoms in total. The molecule has 0 aliphatic rings. The highest BCUT2D eigenvalue weighted by atomic mass is 16.4. The number of benzene rings is 1. The van der Waals surface area contributed by atoms with Crippen molar-refractivity contribution in [3.8, 4) is 0 Å². The summed E-state index contributed by atoms with van der Waals surface area (Å²) in [5.74, 6) is 0.240. The fraction of sp³-hybridized carbons (Fsp3) is 0.611. The largest absolute Gasteiger partial charge is 0.480 e. The molecule has 0 radical (unpaired) electrons. The zero-order valence-electron chi connectivity index (χ0n) is 14.1. The number of hydrogen-bond acceptors (Lipinski definition) is 2. The van der Waals surface area contributed by atoms with Crippen LogP contribution in [0.25, 0.3) is 0 Å². The minimum atomic E-state index is -0.938. The Morgan fingerprint density at radius 3 is 1.71 bits per heavy atom. The lowest BCUT2D eigenvalue weighted by Crippen LogP contribution is -2.33. The molecule has 0 saturated heterocycles. The molecular weight excluding hydrogens is 262 g/mol. The van der Waals surface area contributed by atoms with Crippen molar-refractivity contribution in [2.45, 2.75) is 71.8 Å². The summed E-state index contributed by atoms with van der Waals surface area (Å²) in [7, 11) is 0. The van der Waals surface area contributed by atoms with Gasteiger partial charge in [0.2, 0.25) is 0 Å². The average Bonchev–Trinajstić information content (AvgIpc) is 2.37. The molecule has 1 rings (SSSR count). The van der Waals surface area contributed by atoms with Crippen LogP contribution in [0.15, 0.2) is 12.1 Å². The van der Waals surface area contributed by atoms with Crippen molar-refractivity contribution in [1.29, 1.82) is 0 Å². The Balaban J connectivity index is 3.46. The molecule has 118 valence electrons. The fourth-order valence-corrected chi connectivity index (χ4v) is 2.65. The van der Waals surface area contributed by atoms with Gasteiger partial charge in [-0.25, -0.2) is 0 Å². The van der Waals surface area contributed by atoms with Gasteiger partial charge in [-0.05, 0) is 46.4 Å². The monoisotopic (exact) mass is 291 g/mol. The summed E-state index contributed by atoms with van der Waals surface area (Å²) in [5.41, 5.74) is 10.7. The molecule has 0 bridgehead atoms. The van der Waals surface area contributed by atoms with Gasteiger partial charge in [0.15, 0.2) is 0 Å². The molecule has 0 saturated carbocycles. The maximum atomic E-state index is 11.1. The Labute approximate surface area is 128 Å². The molecule has 3 N–H and O–H groups in total. The van der Waals surface area contributed by atoms with Crippen LogP contribution in [0.1, 0.15) is 81.5 Å². The van der Waals surface area contributed by atoms with Gasteiger partial charge in [0.05, 0.1) is 0 Å². The molecule has 21 heavy (non-hydrogen) atoms. The lowest BCUT2D eigenvalue weighted by atomic mass is 9.82. The van der Waals surface area contributed by atoms with Gasteiger partial charge in [-0.1, -0.05) is 53.7 Å². The van der Waals surface area contributed by atoms with Crippen LogP contribution < -0.4 is 5.73 Å². The van der Waals surface area contributed by atoms with Gasteiger partial charge in [-0.15, -0.1) is 0 Å². The number of nitrogens with two attached hydrogens (primary N) is 1. The molecule has 0 unspecified atom stereocenters. The van der Waals surface area contributed by atoms with Crippen LogP contribution in [0.5, 0.6) is 0 Å². The van der Waals surface area contributed by atoms with Crippen LogP contribution in [0.3, 0.4) is 0 Å². The highest BCUT2D eigenvalue weighted by Gasteiger charge is 2.21. The highest BCUT2D eigenvalue weighted by molar-refractivity contribution is 5.73. The van der Waals surface area contributed by atoms with E-state index in [0.29, 0.717) is 24.2 Å². The molecule has 0 fully saturated rings. The molecule has 0 aromatic heterocycles. The summed E-state index contributed by atoms with van der Waals surface area (Å²) < 4.78 is 0. The maximum absolute atomic E-state index is 11.1. The molecule has 3 heteroatoms. The third kappa shape index (κ3) is 4.31. The van der Waals surface area contributed by atoms with E-state index in [2.05, 4.69) is 53.7 Å². The van der Waals surface area contributed by atoms with E-state index in [-0.39, 0.29) is 0 Å². The topological polar surface area (TPSA) is 63.3 Å². The van der Waals surface area contributed by atoms with Crippen LogP contribution in [-0.4, -0.2) is 17.1 Å². The molecule has 1 aromatic carbocycles. The van der Waals surface area contributed by atoms with Gasteiger partial charge >= 0.3 is 5.97 Å². The van der Waals surface area contributed by atoms with E-state index in [4.69, 9.17) is 10.8 Å². The number of hydrogen-bond donors (Lipinski definition) is 2. The summed E-state index contributed by atoms with van der Waals surface area (Å²) in [5, 5.41) is 9.12. The van der Waals surface area contributed by atoms with E-state index in [9.17, 15) is 4.79 Å². The van der Waals surface area contributed by atoms with Crippen molar-refractivity contribution < 1.29 is 9.90 Å². The molecular formula is C18H29NO2. The summed E-state index contributed by atoms with van der Waals surface area (Å²) in [4.78, 5) is 11.1. The van der Waals surface area contributed by atoms with Crippen molar-refractivity contribution in [3.05, 3.63) is 34.4 Å². The first-order valence-electron chi connectivity index (χ1n) is 7.80. The highest BCUT2D eigenvalue weighted by Crippen LogP contribution is 2.32. The van der Waals surface area contributed by atoms with Crippen molar-refractivity contribution >= 4 is 5.97 Å². The minimum Gasteiger partial charge on any atom is -0.480 e. The van der Waals surface area contributed by atoms with Gasteiger partial charge in [0.1, 0.15) is 6.04 Å². The van der Waals surface area contributed by atoms with Crippen LogP contribution >= 0.6 is 0 Å². The third-order valence-corrected chi connectivity index (χ3v) is 3.99. The lowest BCUT2D eigenvalue weighted by Gasteiger charge is -2.24. The first-order valence-corrected chi connectivity index (χ1v) is 7.80. The Bertz CT molecular complexity index is 475. The van der Waals surface area contributed by atoms with Crippen molar-refractivity contribution in [3.63, 3.8) is 0 Å². The second-order valence-electron chi connectivity index (χ2n) is 6.79. The van der Waals surface area contributed by atoms with Crippen molar-refractivity contribution in [1.82, 2.24) is 0 Å². The number of aliphatic carboxylic acids is 1. The van der Waals surface area contributed by atoms with E-state index < -0.39 is 12.0 Å². The van der Waals surface area contributed by atoms with Gasteiger partial charge < -0.3 is 10.8 Å². The predicted molar refractivity (Wildman–Crippen MR) is 88.0 cm³/mol. The first-order chi connectivity index (χ1) is 9.65. The molecule has 1 aromatic rings. The zero-order chi connectivity index (χ0) is 16.3. The smallest absolute Gasteiger partial charge is 0.320 e. The number of carboxylic acids is 1. The van der Waals surface area contributed by atoms with Crippen LogP contribution in [0, 0.1) is 0 Å². The molecule has 0 aliphatic heterocycles. The Hall–Kier alpha value is -1.35. The number of rotatable bonds is 6. The van der Waals surface area contributed by atoms with E-state index >= 15 is 0 Å². The van der Waals surface area contributed by atoms with E-state index in [0.717, 1.165) is 5.56 Å². The predicted octanol–water partition coefficient (Wildman–Crippen LogP) is 4.01. The van der Waals surface area contributed by atoms with E-state index in [1.807, 2.05) is 0 Å². The lowest BCUT2D eigenvalue weighted by molar-refractivity contribution is -0.138. The van der Waals surface area contributed by atoms with Crippen LogP contribution in [-0.2, 0) is 11.2 Å². The van der Waals surface area contributed by atoms with Crippen LogP contribution in [0.2, 0.25) is 0 Å². The Morgan fingerprint density at radius 2 is 1.43 bits per heavy atom. The van der Waals surface area contributed by atoms with Gasteiger partial charge in [0, 0.05) is 0 Å². The second-order valence-corrected chi connectivity index (χ2v) is 6.79. The fourth-order valence-electron chi connectivity index (χ4n) is 2.65.